The van der Waals surface area contributed by atoms with E-state index in [9.17, 15) is 4.79 Å². The molecule has 1 aliphatic rings. The Kier molecular flexibility index (Phi) is 4.08. The lowest BCUT2D eigenvalue weighted by Gasteiger charge is -2.25. The van der Waals surface area contributed by atoms with Crippen molar-refractivity contribution in [3.8, 4) is 0 Å². The van der Waals surface area contributed by atoms with E-state index in [0.717, 1.165) is 27.8 Å². The zero-order valence-corrected chi connectivity index (χ0v) is 13.4. The standard InChI is InChI=1S/C17H17BrN2O/c1-11-6-7-16(15(18)8-11)20-17(21)14-10-19-9-12-4-2-3-5-13(12)14/h2-8,14,19H,9-10H2,1H3,(H,20,21). The average molecular weight is 345 g/mol. The van der Waals surface area contributed by atoms with E-state index in [1.54, 1.807) is 0 Å². The normalized spacial score (nSPS) is 17.1. The largest absolute Gasteiger partial charge is 0.324 e. The Morgan fingerprint density at radius 3 is 2.90 bits per heavy atom. The van der Waals surface area contributed by atoms with Crippen LogP contribution in [0, 0.1) is 6.92 Å². The van der Waals surface area contributed by atoms with E-state index in [2.05, 4.69) is 32.6 Å². The van der Waals surface area contributed by atoms with Gasteiger partial charge in [0.2, 0.25) is 5.91 Å². The topological polar surface area (TPSA) is 41.1 Å². The zero-order valence-electron chi connectivity index (χ0n) is 11.8. The monoisotopic (exact) mass is 344 g/mol. The molecule has 0 aromatic heterocycles. The zero-order chi connectivity index (χ0) is 14.8. The number of carbonyl (C=O) groups excluding carboxylic acids is 1. The first-order valence-electron chi connectivity index (χ1n) is 7.00. The Morgan fingerprint density at radius 1 is 1.29 bits per heavy atom. The fraction of sp³-hybridized carbons (Fsp3) is 0.235. The second kappa shape index (κ2) is 6.00. The molecule has 3 nitrogen and oxygen atoms in total. The lowest BCUT2D eigenvalue weighted by molar-refractivity contribution is -0.117. The highest BCUT2D eigenvalue weighted by Crippen LogP contribution is 2.28. The fourth-order valence-corrected chi connectivity index (χ4v) is 3.26. The predicted molar refractivity (Wildman–Crippen MR) is 88.4 cm³/mol. The van der Waals surface area contributed by atoms with Crippen molar-refractivity contribution >= 4 is 27.5 Å². The fourth-order valence-electron chi connectivity index (χ4n) is 2.67. The maximum Gasteiger partial charge on any atom is 0.233 e. The van der Waals surface area contributed by atoms with E-state index in [0.29, 0.717) is 6.54 Å². The van der Waals surface area contributed by atoms with Crippen molar-refractivity contribution in [2.75, 3.05) is 11.9 Å². The van der Waals surface area contributed by atoms with Crippen LogP contribution in [0.2, 0.25) is 0 Å². The van der Waals surface area contributed by atoms with Crippen LogP contribution in [0.4, 0.5) is 5.69 Å². The van der Waals surface area contributed by atoms with Gasteiger partial charge in [-0.05, 0) is 51.7 Å². The molecule has 4 heteroatoms. The van der Waals surface area contributed by atoms with Crippen molar-refractivity contribution in [3.63, 3.8) is 0 Å². The third kappa shape index (κ3) is 3.01. The van der Waals surface area contributed by atoms with E-state index in [1.807, 2.05) is 43.3 Å². The number of nitrogens with one attached hydrogen (secondary N) is 2. The lowest BCUT2D eigenvalue weighted by Crippen LogP contribution is -2.35. The molecule has 2 aromatic carbocycles. The van der Waals surface area contributed by atoms with Crippen LogP contribution in [0.1, 0.15) is 22.6 Å². The van der Waals surface area contributed by atoms with Crippen molar-refractivity contribution in [1.82, 2.24) is 5.32 Å². The van der Waals surface area contributed by atoms with Crippen molar-refractivity contribution in [2.45, 2.75) is 19.4 Å². The molecule has 108 valence electrons. The van der Waals surface area contributed by atoms with Gasteiger partial charge in [-0.3, -0.25) is 4.79 Å². The van der Waals surface area contributed by atoms with Crippen LogP contribution in [0.3, 0.4) is 0 Å². The number of hydrogen-bond acceptors (Lipinski definition) is 2. The first kappa shape index (κ1) is 14.3. The quantitative estimate of drug-likeness (QED) is 0.874. The van der Waals surface area contributed by atoms with Gasteiger partial charge in [0, 0.05) is 17.6 Å². The van der Waals surface area contributed by atoms with E-state index in [4.69, 9.17) is 0 Å². The Bertz CT molecular complexity index is 684. The van der Waals surface area contributed by atoms with E-state index < -0.39 is 0 Å². The van der Waals surface area contributed by atoms with Gasteiger partial charge in [-0.15, -0.1) is 0 Å². The summed E-state index contributed by atoms with van der Waals surface area (Å²) in [5, 5.41) is 6.33. The van der Waals surface area contributed by atoms with E-state index in [-0.39, 0.29) is 11.8 Å². The second-order valence-electron chi connectivity index (χ2n) is 5.35. The van der Waals surface area contributed by atoms with Crippen molar-refractivity contribution in [3.05, 3.63) is 63.6 Å². The van der Waals surface area contributed by atoms with Crippen LogP contribution in [-0.4, -0.2) is 12.5 Å². The van der Waals surface area contributed by atoms with Gasteiger partial charge in [-0.25, -0.2) is 0 Å². The summed E-state index contributed by atoms with van der Waals surface area (Å²) in [5.74, 6) is -0.123. The maximum absolute atomic E-state index is 12.6. The van der Waals surface area contributed by atoms with Gasteiger partial charge in [0.05, 0.1) is 11.6 Å². The smallest absolute Gasteiger partial charge is 0.233 e. The van der Waals surface area contributed by atoms with Crippen LogP contribution >= 0.6 is 15.9 Å². The second-order valence-corrected chi connectivity index (χ2v) is 6.21. The summed E-state index contributed by atoms with van der Waals surface area (Å²) in [6.45, 7) is 3.53. The number of rotatable bonds is 2. The number of hydrogen-bond donors (Lipinski definition) is 2. The minimum absolute atomic E-state index is 0.0270. The van der Waals surface area contributed by atoms with E-state index >= 15 is 0 Å². The first-order valence-corrected chi connectivity index (χ1v) is 7.80. The molecule has 3 rings (SSSR count). The molecule has 2 aromatic rings. The molecule has 0 bridgehead atoms. The number of carbonyl (C=O) groups is 1. The summed E-state index contributed by atoms with van der Waals surface area (Å²) in [4.78, 5) is 12.6. The molecule has 2 N–H and O–H groups in total. The first-order chi connectivity index (χ1) is 10.1. The predicted octanol–water partition coefficient (Wildman–Crippen LogP) is 3.58. The van der Waals surface area contributed by atoms with Crippen LogP contribution < -0.4 is 10.6 Å². The number of fused-ring (bicyclic) bond motifs is 1. The summed E-state index contributed by atoms with van der Waals surface area (Å²) in [5.41, 5.74) is 4.29. The third-order valence-corrected chi connectivity index (χ3v) is 4.45. The van der Waals surface area contributed by atoms with Crippen LogP contribution in [-0.2, 0) is 11.3 Å². The number of amides is 1. The molecular weight excluding hydrogens is 328 g/mol. The van der Waals surface area contributed by atoms with Crippen molar-refractivity contribution < 1.29 is 4.79 Å². The van der Waals surface area contributed by atoms with Gasteiger partial charge in [0.15, 0.2) is 0 Å². The van der Waals surface area contributed by atoms with Gasteiger partial charge >= 0.3 is 0 Å². The summed E-state index contributed by atoms with van der Waals surface area (Å²) < 4.78 is 0.910. The third-order valence-electron chi connectivity index (χ3n) is 3.79. The Balaban J connectivity index is 1.83. The molecule has 1 amide bonds. The number of halogens is 1. The molecule has 21 heavy (non-hydrogen) atoms. The molecular formula is C17H17BrN2O. The molecule has 1 atom stereocenters. The number of aryl methyl sites for hydroxylation is 1. The Morgan fingerprint density at radius 2 is 2.10 bits per heavy atom. The molecule has 0 radical (unpaired) electrons. The van der Waals surface area contributed by atoms with Crippen molar-refractivity contribution in [1.29, 1.82) is 0 Å². The summed E-state index contributed by atoms with van der Waals surface area (Å²) >= 11 is 3.50. The summed E-state index contributed by atoms with van der Waals surface area (Å²) in [6, 6.07) is 14.0. The van der Waals surface area contributed by atoms with Gasteiger partial charge < -0.3 is 10.6 Å². The Labute approximate surface area is 132 Å². The molecule has 0 saturated carbocycles. The summed E-state index contributed by atoms with van der Waals surface area (Å²) in [7, 11) is 0. The molecule has 1 heterocycles. The van der Waals surface area contributed by atoms with Crippen LogP contribution in [0.5, 0.6) is 0 Å². The summed E-state index contributed by atoms with van der Waals surface area (Å²) in [6.07, 6.45) is 0. The van der Waals surface area contributed by atoms with Gasteiger partial charge in [0.25, 0.3) is 0 Å². The van der Waals surface area contributed by atoms with Crippen LogP contribution in [0.25, 0.3) is 0 Å². The molecule has 0 fully saturated rings. The van der Waals surface area contributed by atoms with Gasteiger partial charge in [-0.1, -0.05) is 30.3 Å². The minimum Gasteiger partial charge on any atom is -0.324 e. The highest BCUT2D eigenvalue weighted by Gasteiger charge is 2.26. The average Bonchev–Trinajstić information content (AvgIpc) is 2.49. The van der Waals surface area contributed by atoms with E-state index in [1.165, 1.54) is 5.56 Å². The molecule has 0 aliphatic carbocycles. The maximum atomic E-state index is 12.6. The van der Waals surface area contributed by atoms with Crippen LogP contribution in [0.15, 0.2) is 46.9 Å². The lowest BCUT2D eigenvalue weighted by atomic mass is 9.90. The van der Waals surface area contributed by atoms with Gasteiger partial charge in [-0.2, -0.15) is 0 Å². The highest BCUT2D eigenvalue weighted by molar-refractivity contribution is 9.10. The van der Waals surface area contributed by atoms with Gasteiger partial charge in [0.1, 0.15) is 0 Å². The molecule has 1 unspecified atom stereocenters. The van der Waals surface area contributed by atoms with Crippen molar-refractivity contribution in [2.24, 2.45) is 0 Å². The molecule has 0 saturated heterocycles. The minimum atomic E-state index is -0.150. The molecule has 0 spiro atoms. The SMILES string of the molecule is Cc1ccc(NC(=O)C2CNCc3ccccc32)c(Br)c1. The Hall–Kier alpha value is -1.65. The number of anilines is 1. The highest BCUT2D eigenvalue weighted by atomic mass is 79.9. The number of benzene rings is 2. The molecule has 1 aliphatic heterocycles.